The standard InChI is InChI=1S/C33H38N6O3S/c1-33(2,3)22-27(40)19-24-12-9-13-25(18-24)21-30(42)35-32-39-38-31(43-32)15-8-7-14-26-16-17-28(37-36-26)34-29(41)20-23-10-5-4-6-11-23/h4-6,9-13,16-18H,7-8,14-15,19-22H2,1-3H3,(H,34,37,41)(H,35,39,42). The summed E-state index contributed by atoms with van der Waals surface area (Å²) in [5.41, 5.74) is 3.53. The van der Waals surface area contributed by atoms with Crippen LogP contribution in [-0.4, -0.2) is 38.0 Å². The molecule has 0 aliphatic carbocycles. The van der Waals surface area contributed by atoms with Crippen molar-refractivity contribution in [3.05, 3.63) is 94.1 Å². The first-order valence-corrected chi connectivity index (χ1v) is 15.3. The molecule has 0 aliphatic rings. The summed E-state index contributed by atoms with van der Waals surface area (Å²) in [7, 11) is 0. The summed E-state index contributed by atoms with van der Waals surface area (Å²) < 4.78 is 0. The number of Topliss-reactive ketones (excluding diaryl/α,β-unsaturated/α-hetero) is 1. The van der Waals surface area contributed by atoms with E-state index in [1.165, 1.54) is 11.3 Å². The van der Waals surface area contributed by atoms with Gasteiger partial charge < -0.3 is 10.6 Å². The van der Waals surface area contributed by atoms with Gasteiger partial charge in [0.15, 0.2) is 5.82 Å². The maximum Gasteiger partial charge on any atom is 0.230 e. The largest absolute Gasteiger partial charge is 0.309 e. The van der Waals surface area contributed by atoms with Crippen molar-refractivity contribution in [2.45, 2.75) is 72.1 Å². The molecule has 0 saturated heterocycles. The summed E-state index contributed by atoms with van der Waals surface area (Å²) in [6, 6.07) is 20.8. The smallest absolute Gasteiger partial charge is 0.230 e. The Balaban J connectivity index is 1.15. The van der Waals surface area contributed by atoms with Crippen LogP contribution in [0.4, 0.5) is 10.9 Å². The Morgan fingerprint density at radius 1 is 0.698 bits per heavy atom. The van der Waals surface area contributed by atoms with Crippen LogP contribution in [0.2, 0.25) is 0 Å². The van der Waals surface area contributed by atoms with Crippen molar-refractivity contribution in [3.8, 4) is 0 Å². The minimum absolute atomic E-state index is 0.0410. The van der Waals surface area contributed by atoms with E-state index in [-0.39, 0.29) is 35.9 Å². The molecule has 2 N–H and O–H groups in total. The lowest BCUT2D eigenvalue weighted by Crippen LogP contribution is -2.16. The van der Waals surface area contributed by atoms with Gasteiger partial charge in [0.2, 0.25) is 16.9 Å². The Kier molecular flexibility index (Phi) is 11.2. The highest BCUT2D eigenvalue weighted by Gasteiger charge is 2.17. The number of unbranched alkanes of at least 4 members (excludes halogenated alkanes) is 1. The van der Waals surface area contributed by atoms with E-state index in [2.05, 4.69) is 51.8 Å². The van der Waals surface area contributed by atoms with Gasteiger partial charge >= 0.3 is 0 Å². The number of amides is 2. The van der Waals surface area contributed by atoms with Gasteiger partial charge in [-0.2, -0.15) is 5.10 Å². The Labute approximate surface area is 256 Å². The Morgan fingerprint density at radius 3 is 2.09 bits per heavy atom. The zero-order valence-electron chi connectivity index (χ0n) is 24.9. The van der Waals surface area contributed by atoms with Crippen molar-refractivity contribution in [1.82, 2.24) is 20.4 Å². The van der Waals surface area contributed by atoms with Crippen molar-refractivity contribution >= 4 is 39.9 Å². The fraction of sp³-hybridized carbons (Fsp3) is 0.364. The van der Waals surface area contributed by atoms with Crippen LogP contribution in [0.25, 0.3) is 0 Å². The molecular formula is C33H38N6O3S. The molecule has 0 atom stereocenters. The van der Waals surface area contributed by atoms with Crippen molar-refractivity contribution in [3.63, 3.8) is 0 Å². The van der Waals surface area contributed by atoms with E-state index in [0.717, 1.165) is 53.1 Å². The van der Waals surface area contributed by atoms with Crippen LogP contribution in [0.3, 0.4) is 0 Å². The lowest BCUT2D eigenvalue weighted by molar-refractivity contribution is -0.120. The monoisotopic (exact) mass is 598 g/mol. The zero-order chi connectivity index (χ0) is 30.7. The number of aryl methyl sites for hydroxylation is 2. The van der Waals surface area contributed by atoms with Crippen LogP contribution >= 0.6 is 11.3 Å². The molecule has 9 nitrogen and oxygen atoms in total. The molecule has 0 saturated carbocycles. The number of carbonyl (C=O) groups excluding carboxylic acids is 3. The van der Waals surface area contributed by atoms with Gasteiger partial charge in [-0.05, 0) is 53.5 Å². The minimum atomic E-state index is -0.167. The van der Waals surface area contributed by atoms with Crippen molar-refractivity contribution in [2.75, 3.05) is 10.6 Å². The number of rotatable bonds is 14. The quantitative estimate of drug-likeness (QED) is 0.176. The Morgan fingerprint density at radius 2 is 1.37 bits per heavy atom. The van der Waals surface area contributed by atoms with Crippen LogP contribution < -0.4 is 10.6 Å². The minimum Gasteiger partial charge on any atom is -0.309 e. The molecule has 2 aromatic carbocycles. The molecule has 0 spiro atoms. The Bertz CT molecular complexity index is 1510. The van der Waals surface area contributed by atoms with E-state index in [9.17, 15) is 14.4 Å². The van der Waals surface area contributed by atoms with Crippen LogP contribution in [0.5, 0.6) is 0 Å². The second-order valence-corrected chi connectivity index (χ2v) is 12.9. The molecule has 10 heteroatoms. The third-order valence-electron chi connectivity index (χ3n) is 6.47. The van der Waals surface area contributed by atoms with Gasteiger partial charge in [0.25, 0.3) is 0 Å². The summed E-state index contributed by atoms with van der Waals surface area (Å²) in [6.07, 6.45) is 4.68. The fourth-order valence-electron chi connectivity index (χ4n) is 4.60. The van der Waals surface area contributed by atoms with Crippen molar-refractivity contribution in [2.24, 2.45) is 5.41 Å². The van der Waals surface area contributed by atoms with Gasteiger partial charge in [-0.1, -0.05) is 86.7 Å². The highest BCUT2D eigenvalue weighted by atomic mass is 32.1. The molecule has 224 valence electrons. The summed E-state index contributed by atoms with van der Waals surface area (Å²) in [5.74, 6) is 0.336. The van der Waals surface area contributed by atoms with E-state index in [0.29, 0.717) is 23.8 Å². The van der Waals surface area contributed by atoms with Crippen LogP contribution in [0.15, 0.2) is 66.7 Å². The highest BCUT2D eigenvalue weighted by molar-refractivity contribution is 7.15. The van der Waals surface area contributed by atoms with Crippen LogP contribution in [-0.2, 0) is 46.5 Å². The molecule has 0 radical (unpaired) electrons. The lowest BCUT2D eigenvalue weighted by atomic mass is 9.88. The number of hydrogen-bond acceptors (Lipinski definition) is 8. The van der Waals surface area contributed by atoms with Crippen LogP contribution in [0.1, 0.15) is 67.4 Å². The van der Waals surface area contributed by atoms with E-state index >= 15 is 0 Å². The molecule has 4 rings (SSSR count). The number of aromatic nitrogens is 4. The second-order valence-electron chi connectivity index (χ2n) is 11.8. The highest BCUT2D eigenvalue weighted by Crippen LogP contribution is 2.21. The van der Waals surface area contributed by atoms with Gasteiger partial charge in [0, 0.05) is 19.3 Å². The maximum absolute atomic E-state index is 12.6. The van der Waals surface area contributed by atoms with Crippen molar-refractivity contribution < 1.29 is 14.4 Å². The predicted molar refractivity (Wildman–Crippen MR) is 169 cm³/mol. The first-order valence-electron chi connectivity index (χ1n) is 14.5. The average Bonchev–Trinajstić information content (AvgIpc) is 3.38. The molecule has 0 fully saturated rings. The number of carbonyl (C=O) groups is 3. The SMILES string of the molecule is CC(C)(C)CC(=O)Cc1cccc(CC(=O)Nc2nnc(CCCCc3ccc(NC(=O)Cc4ccccc4)nn3)s2)c1. The summed E-state index contributed by atoms with van der Waals surface area (Å²) in [5, 5.41) is 23.7. The van der Waals surface area contributed by atoms with Crippen molar-refractivity contribution in [1.29, 1.82) is 0 Å². The average molecular weight is 599 g/mol. The molecule has 0 unspecified atom stereocenters. The summed E-state index contributed by atoms with van der Waals surface area (Å²) in [4.78, 5) is 37.2. The summed E-state index contributed by atoms with van der Waals surface area (Å²) >= 11 is 1.38. The number of anilines is 2. The molecule has 2 aromatic heterocycles. The number of nitrogens with one attached hydrogen (secondary N) is 2. The number of ketones is 1. The van der Waals surface area contributed by atoms with Gasteiger partial charge in [-0.25, -0.2) is 0 Å². The normalized spacial score (nSPS) is 11.2. The third kappa shape index (κ3) is 11.5. The molecule has 2 heterocycles. The van der Waals surface area contributed by atoms with E-state index in [1.807, 2.05) is 60.7 Å². The van der Waals surface area contributed by atoms with E-state index in [4.69, 9.17) is 0 Å². The molecular weight excluding hydrogens is 560 g/mol. The lowest BCUT2D eigenvalue weighted by Gasteiger charge is -2.16. The first-order chi connectivity index (χ1) is 20.6. The zero-order valence-corrected chi connectivity index (χ0v) is 25.7. The third-order valence-corrected chi connectivity index (χ3v) is 7.36. The molecule has 2 amide bonds. The molecule has 4 aromatic rings. The topological polar surface area (TPSA) is 127 Å². The molecule has 0 bridgehead atoms. The van der Waals surface area contributed by atoms with Gasteiger partial charge in [-0.3, -0.25) is 14.4 Å². The first kappa shape index (κ1) is 31.6. The van der Waals surface area contributed by atoms with E-state index in [1.54, 1.807) is 6.07 Å². The number of nitrogens with zero attached hydrogens (tertiary/aromatic N) is 4. The number of benzene rings is 2. The van der Waals surface area contributed by atoms with E-state index < -0.39 is 0 Å². The maximum atomic E-state index is 12.6. The van der Waals surface area contributed by atoms with Gasteiger partial charge in [-0.15, -0.1) is 15.3 Å². The van der Waals surface area contributed by atoms with Gasteiger partial charge in [0.05, 0.1) is 18.5 Å². The summed E-state index contributed by atoms with van der Waals surface area (Å²) in [6.45, 7) is 6.16. The second kappa shape index (κ2) is 15.2. The molecule has 0 aliphatic heterocycles. The molecule has 43 heavy (non-hydrogen) atoms. The van der Waals surface area contributed by atoms with Gasteiger partial charge in [0.1, 0.15) is 10.8 Å². The fourth-order valence-corrected chi connectivity index (χ4v) is 5.39. The Hall–Kier alpha value is -4.31. The van der Waals surface area contributed by atoms with Crippen LogP contribution in [0, 0.1) is 5.41 Å². The number of hydrogen-bond donors (Lipinski definition) is 2. The predicted octanol–water partition coefficient (Wildman–Crippen LogP) is 5.80.